The molecule has 1 unspecified atom stereocenters. The first-order valence-corrected chi connectivity index (χ1v) is 11.5. The zero-order chi connectivity index (χ0) is 24.4. The lowest BCUT2D eigenvalue weighted by Gasteiger charge is -2.44. The number of amides is 1. The number of aryl methyl sites for hydroxylation is 1. The van der Waals surface area contributed by atoms with Gasteiger partial charge in [-0.05, 0) is 38.0 Å². The minimum absolute atomic E-state index is 0.0334. The second kappa shape index (κ2) is 7.89. The predicted molar refractivity (Wildman–Crippen MR) is 130 cm³/mol. The number of esters is 1. The number of allylic oxidation sites excluding steroid dienone is 1. The maximum absolute atomic E-state index is 13.8. The first kappa shape index (κ1) is 22.5. The highest BCUT2D eigenvalue weighted by Crippen LogP contribution is 2.56. The summed E-state index contributed by atoms with van der Waals surface area (Å²) in [6.07, 6.45) is 1.25. The number of methoxy groups -OCH3 is 1. The van der Waals surface area contributed by atoms with E-state index in [1.807, 2.05) is 13.0 Å². The number of benzene rings is 2. The number of ketones is 1. The Kier molecular flexibility index (Phi) is 5.22. The van der Waals surface area contributed by atoms with Crippen molar-refractivity contribution in [2.45, 2.75) is 31.6 Å². The number of halogens is 2. The Morgan fingerprint density at radius 2 is 1.94 bits per heavy atom. The van der Waals surface area contributed by atoms with Gasteiger partial charge in [-0.2, -0.15) is 0 Å². The van der Waals surface area contributed by atoms with Crippen molar-refractivity contribution in [1.29, 1.82) is 0 Å². The van der Waals surface area contributed by atoms with Crippen molar-refractivity contribution < 1.29 is 19.1 Å². The summed E-state index contributed by atoms with van der Waals surface area (Å²) in [6, 6.07) is 10.4. The fraction of sp³-hybridized carbons (Fsp3) is 0.240. The Balaban J connectivity index is 1.94. The summed E-state index contributed by atoms with van der Waals surface area (Å²) < 4.78 is 5.12. The molecule has 5 rings (SSSR count). The summed E-state index contributed by atoms with van der Waals surface area (Å²) >= 11 is 12.8. The molecule has 1 spiro atoms. The van der Waals surface area contributed by atoms with Crippen molar-refractivity contribution >= 4 is 52.2 Å². The van der Waals surface area contributed by atoms with Crippen LogP contribution < -0.4 is 16.0 Å². The SMILES string of the molecule is COC(=O)C1=C(N)N(c2cccc(Cl)c2Cl)C2=C(C(=O)CCC2)C12C(=O)Nc1ccc(C)cc12. The minimum atomic E-state index is -1.73. The second-order valence-electron chi connectivity index (χ2n) is 8.51. The number of fused-ring (bicyclic) bond motifs is 3. The van der Waals surface area contributed by atoms with E-state index in [0.717, 1.165) is 5.56 Å². The molecule has 0 fully saturated rings. The standard InChI is InChI=1S/C25H21Cl2N3O4/c1-12-9-10-15-13(11-12)25(24(33)29-15)19-16(6-4-8-18(19)31)30(22(28)20(25)23(32)34-2)17-7-3-5-14(26)21(17)27/h3,5,7,9-11H,4,6,8,28H2,1-2H3,(H,29,33). The largest absolute Gasteiger partial charge is 0.466 e. The number of carbonyl (C=O) groups is 3. The molecular weight excluding hydrogens is 477 g/mol. The van der Waals surface area contributed by atoms with Crippen LogP contribution in [0.15, 0.2) is 59.1 Å². The zero-order valence-corrected chi connectivity index (χ0v) is 20.0. The Labute approximate surface area is 206 Å². The van der Waals surface area contributed by atoms with Crippen LogP contribution in [0.25, 0.3) is 0 Å². The second-order valence-corrected chi connectivity index (χ2v) is 9.30. The van der Waals surface area contributed by atoms with Gasteiger partial charge in [-0.15, -0.1) is 0 Å². The van der Waals surface area contributed by atoms with Gasteiger partial charge < -0.3 is 15.8 Å². The molecule has 34 heavy (non-hydrogen) atoms. The Bertz CT molecular complexity index is 1360. The molecule has 1 atom stereocenters. The van der Waals surface area contributed by atoms with E-state index in [1.54, 1.807) is 35.2 Å². The molecular formula is C25H21Cl2N3O4. The zero-order valence-electron chi connectivity index (χ0n) is 18.5. The third-order valence-corrected chi connectivity index (χ3v) is 7.44. The Hall–Kier alpha value is -3.29. The lowest BCUT2D eigenvalue weighted by Crippen LogP contribution is -2.53. The van der Waals surface area contributed by atoms with Gasteiger partial charge in [0.15, 0.2) is 5.78 Å². The van der Waals surface area contributed by atoms with Gasteiger partial charge in [-0.1, -0.05) is 47.0 Å². The molecule has 3 aliphatic rings. The van der Waals surface area contributed by atoms with Gasteiger partial charge in [0.05, 0.1) is 22.8 Å². The van der Waals surface area contributed by atoms with E-state index in [1.165, 1.54) is 7.11 Å². The molecule has 174 valence electrons. The molecule has 7 nitrogen and oxygen atoms in total. The van der Waals surface area contributed by atoms with Crippen LogP contribution in [0.3, 0.4) is 0 Å². The highest BCUT2D eigenvalue weighted by atomic mass is 35.5. The summed E-state index contributed by atoms with van der Waals surface area (Å²) in [5.41, 5.74) is 7.87. The van der Waals surface area contributed by atoms with Gasteiger partial charge in [0.25, 0.3) is 0 Å². The number of nitrogens with zero attached hydrogens (tertiary/aromatic N) is 1. The van der Waals surface area contributed by atoms with Crippen LogP contribution >= 0.6 is 23.2 Å². The number of nitrogens with one attached hydrogen (secondary N) is 1. The highest BCUT2D eigenvalue weighted by Gasteiger charge is 2.62. The molecule has 9 heteroatoms. The Morgan fingerprint density at radius 3 is 2.68 bits per heavy atom. The number of anilines is 2. The summed E-state index contributed by atoms with van der Waals surface area (Å²) in [7, 11) is 1.21. The third-order valence-electron chi connectivity index (χ3n) is 6.63. The van der Waals surface area contributed by atoms with Crippen molar-refractivity contribution in [1.82, 2.24) is 0 Å². The van der Waals surface area contributed by atoms with Gasteiger partial charge >= 0.3 is 5.97 Å². The summed E-state index contributed by atoms with van der Waals surface area (Å²) in [5, 5.41) is 3.35. The summed E-state index contributed by atoms with van der Waals surface area (Å²) in [6.45, 7) is 1.88. The third kappa shape index (κ3) is 2.87. The summed E-state index contributed by atoms with van der Waals surface area (Å²) in [4.78, 5) is 42.3. The Morgan fingerprint density at radius 1 is 1.18 bits per heavy atom. The van der Waals surface area contributed by atoms with E-state index >= 15 is 0 Å². The summed E-state index contributed by atoms with van der Waals surface area (Å²) in [5.74, 6) is -1.59. The number of rotatable bonds is 2. The van der Waals surface area contributed by atoms with Crippen molar-refractivity contribution in [3.63, 3.8) is 0 Å². The first-order valence-electron chi connectivity index (χ1n) is 10.8. The van der Waals surface area contributed by atoms with Crippen LogP contribution in [-0.2, 0) is 24.5 Å². The van der Waals surface area contributed by atoms with Gasteiger partial charge in [0.1, 0.15) is 16.8 Å². The van der Waals surface area contributed by atoms with Crippen LogP contribution in [0.5, 0.6) is 0 Å². The van der Waals surface area contributed by atoms with Crippen molar-refractivity contribution in [3.8, 4) is 0 Å². The molecule has 1 aliphatic carbocycles. The normalized spacial score (nSPS) is 21.6. The van der Waals surface area contributed by atoms with E-state index < -0.39 is 17.3 Å². The monoisotopic (exact) mass is 497 g/mol. The fourth-order valence-corrected chi connectivity index (χ4v) is 5.64. The topological polar surface area (TPSA) is 102 Å². The minimum Gasteiger partial charge on any atom is -0.466 e. The van der Waals surface area contributed by atoms with E-state index in [-0.39, 0.29) is 39.2 Å². The van der Waals surface area contributed by atoms with Crippen LogP contribution in [0.4, 0.5) is 11.4 Å². The van der Waals surface area contributed by atoms with Crippen LogP contribution in [0, 0.1) is 6.92 Å². The average molecular weight is 498 g/mol. The van der Waals surface area contributed by atoms with E-state index in [0.29, 0.717) is 35.5 Å². The smallest absolute Gasteiger partial charge is 0.339 e. The number of ether oxygens (including phenoxy) is 1. The van der Waals surface area contributed by atoms with Crippen molar-refractivity contribution in [2.75, 3.05) is 17.3 Å². The van der Waals surface area contributed by atoms with Gasteiger partial charge in [-0.3, -0.25) is 14.5 Å². The van der Waals surface area contributed by atoms with Crippen LogP contribution in [0.2, 0.25) is 10.0 Å². The number of Topliss-reactive ketones (excluding diaryl/α,β-unsaturated/α-hetero) is 1. The van der Waals surface area contributed by atoms with Gasteiger partial charge in [0, 0.05) is 28.9 Å². The molecule has 0 saturated heterocycles. The van der Waals surface area contributed by atoms with Crippen LogP contribution in [-0.4, -0.2) is 24.8 Å². The molecule has 0 bridgehead atoms. The lowest BCUT2D eigenvalue weighted by molar-refractivity contribution is -0.138. The molecule has 2 heterocycles. The molecule has 3 N–H and O–H groups in total. The number of carbonyl (C=O) groups excluding carboxylic acids is 3. The number of nitrogens with two attached hydrogens (primary N) is 1. The molecule has 0 aromatic heterocycles. The molecule has 2 aromatic carbocycles. The number of hydrogen-bond donors (Lipinski definition) is 2. The van der Waals surface area contributed by atoms with E-state index in [4.69, 9.17) is 33.7 Å². The molecule has 2 aromatic rings. The molecule has 0 saturated carbocycles. The maximum atomic E-state index is 13.8. The fourth-order valence-electron chi connectivity index (χ4n) is 5.26. The quantitative estimate of drug-likeness (QED) is 0.597. The average Bonchev–Trinajstić information content (AvgIpc) is 3.08. The van der Waals surface area contributed by atoms with Gasteiger partial charge in [0.2, 0.25) is 5.91 Å². The van der Waals surface area contributed by atoms with Crippen LogP contribution in [0.1, 0.15) is 30.4 Å². The lowest BCUT2D eigenvalue weighted by atomic mass is 9.63. The highest BCUT2D eigenvalue weighted by molar-refractivity contribution is 6.43. The van der Waals surface area contributed by atoms with Crippen molar-refractivity contribution in [2.24, 2.45) is 5.73 Å². The number of hydrogen-bond acceptors (Lipinski definition) is 6. The maximum Gasteiger partial charge on any atom is 0.339 e. The van der Waals surface area contributed by atoms with E-state index in [2.05, 4.69) is 5.32 Å². The predicted octanol–water partition coefficient (Wildman–Crippen LogP) is 4.36. The molecule has 1 amide bonds. The first-order chi connectivity index (χ1) is 16.2. The van der Waals surface area contributed by atoms with E-state index in [9.17, 15) is 14.4 Å². The molecule has 2 aliphatic heterocycles. The van der Waals surface area contributed by atoms with Crippen molar-refractivity contribution in [3.05, 3.63) is 80.2 Å². The molecule has 0 radical (unpaired) electrons. The van der Waals surface area contributed by atoms with Gasteiger partial charge in [-0.25, -0.2) is 4.79 Å².